The lowest BCUT2D eigenvalue weighted by Gasteiger charge is -2.36. The van der Waals surface area contributed by atoms with Crippen molar-refractivity contribution in [3.05, 3.63) is 29.5 Å². The van der Waals surface area contributed by atoms with Crippen molar-refractivity contribution in [2.45, 2.75) is 39.0 Å². The van der Waals surface area contributed by atoms with Gasteiger partial charge in [0.25, 0.3) is 0 Å². The van der Waals surface area contributed by atoms with Crippen LogP contribution in [0.5, 0.6) is 5.75 Å². The first kappa shape index (κ1) is 16.7. The Morgan fingerprint density at radius 3 is 2.67 bits per heavy atom. The standard InChI is InChI=1S/C17H17F3O4/c1-3-22-16(21)15-9(2)23-14-5-4-11(8-13(14)15)24-12-6-10(7-12)17(18,19)20/h4-5,8,10,12H,3,6-7H2,1-2H3. The Labute approximate surface area is 136 Å². The van der Waals surface area contributed by atoms with E-state index in [4.69, 9.17) is 13.9 Å². The van der Waals surface area contributed by atoms with Gasteiger partial charge in [0.2, 0.25) is 0 Å². The molecule has 0 bridgehead atoms. The average molecular weight is 342 g/mol. The summed E-state index contributed by atoms with van der Waals surface area (Å²) in [5, 5.41) is 0.537. The lowest BCUT2D eigenvalue weighted by molar-refractivity contribution is -0.210. The number of aryl methyl sites for hydroxylation is 1. The minimum Gasteiger partial charge on any atom is -0.490 e. The van der Waals surface area contributed by atoms with Gasteiger partial charge in [0.15, 0.2) is 0 Å². The van der Waals surface area contributed by atoms with Crippen LogP contribution in [0.15, 0.2) is 22.6 Å². The first-order chi connectivity index (χ1) is 11.3. The van der Waals surface area contributed by atoms with Gasteiger partial charge in [-0.15, -0.1) is 0 Å². The number of rotatable bonds is 4. The van der Waals surface area contributed by atoms with Crippen molar-refractivity contribution < 1.29 is 31.9 Å². The number of fused-ring (bicyclic) bond motifs is 1. The highest BCUT2D eigenvalue weighted by atomic mass is 19.4. The first-order valence-corrected chi connectivity index (χ1v) is 7.73. The molecule has 3 rings (SSSR count). The molecule has 7 heteroatoms. The van der Waals surface area contributed by atoms with Gasteiger partial charge in [-0.1, -0.05) is 0 Å². The van der Waals surface area contributed by atoms with Crippen molar-refractivity contribution in [3.8, 4) is 5.75 Å². The van der Waals surface area contributed by atoms with Crippen LogP contribution in [0.2, 0.25) is 0 Å². The van der Waals surface area contributed by atoms with Crippen molar-refractivity contribution >= 4 is 16.9 Å². The number of carbonyl (C=O) groups excluding carboxylic acids is 1. The lowest BCUT2D eigenvalue weighted by Crippen LogP contribution is -2.41. The van der Waals surface area contributed by atoms with Gasteiger partial charge in [0.1, 0.15) is 22.7 Å². The largest absolute Gasteiger partial charge is 0.490 e. The summed E-state index contributed by atoms with van der Waals surface area (Å²) in [5.74, 6) is -0.940. The molecule has 0 N–H and O–H groups in total. The number of benzene rings is 1. The number of halogens is 3. The zero-order valence-electron chi connectivity index (χ0n) is 13.3. The molecule has 2 aromatic rings. The van der Waals surface area contributed by atoms with Crippen LogP contribution in [0.3, 0.4) is 0 Å². The van der Waals surface area contributed by atoms with E-state index in [-0.39, 0.29) is 19.4 Å². The molecule has 1 fully saturated rings. The highest BCUT2D eigenvalue weighted by Crippen LogP contribution is 2.43. The highest BCUT2D eigenvalue weighted by Gasteiger charge is 2.48. The van der Waals surface area contributed by atoms with E-state index in [1.54, 1.807) is 32.0 Å². The molecule has 1 aromatic heterocycles. The topological polar surface area (TPSA) is 48.7 Å². The van der Waals surface area contributed by atoms with Gasteiger partial charge in [-0.2, -0.15) is 13.2 Å². The van der Waals surface area contributed by atoms with E-state index in [1.165, 1.54) is 0 Å². The Kier molecular flexibility index (Phi) is 4.19. The van der Waals surface area contributed by atoms with Crippen LogP contribution >= 0.6 is 0 Å². The number of esters is 1. The zero-order chi connectivity index (χ0) is 17.5. The maximum absolute atomic E-state index is 12.5. The second-order valence-corrected chi connectivity index (χ2v) is 5.86. The van der Waals surface area contributed by atoms with E-state index in [2.05, 4.69) is 0 Å². The van der Waals surface area contributed by atoms with Crippen LogP contribution in [0.1, 0.15) is 35.9 Å². The summed E-state index contributed by atoms with van der Waals surface area (Å²) in [4.78, 5) is 12.0. The molecule has 130 valence electrons. The summed E-state index contributed by atoms with van der Waals surface area (Å²) < 4.78 is 53.7. The summed E-state index contributed by atoms with van der Waals surface area (Å²) >= 11 is 0. The molecular formula is C17H17F3O4. The molecule has 1 aliphatic carbocycles. The predicted molar refractivity (Wildman–Crippen MR) is 80.1 cm³/mol. The number of alkyl halides is 3. The second-order valence-electron chi connectivity index (χ2n) is 5.86. The molecule has 0 radical (unpaired) electrons. The van der Waals surface area contributed by atoms with Gasteiger partial charge in [-0.05, 0) is 44.9 Å². The van der Waals surface area contributed by atoms with Crippen LogP contribution in [-0.2, 0) is 4.74 Å². The molecule has 0 spiro atoms. The van der Waals surface area contributed by atoms with Crippen molar-refractivity contribution in [2.75, 3.05) is 6.61 Å². The van der Waals surface area contributed by atoms with Gasteiger partial charge in [-0.3, -0.25) is 0 Å². The van der Waals surface area contributed by atoms with Gasteiger partial charge < -0.3 is 13.9 Å². The smallest absolute Gasteiger partial charge is 0.392 e. The van der Waals surface area contributed by atoms with Crippen LogP contribution in [-0.4, -0.2) is 24.9 Å². The third-order valence-corrected chi connectivity index (χ3v) is 4.18. The zero-order valence-corrected chi connectivity index (χ0v) is 13.3. The minimum absolute atomic E-state index is 0.0450. The Bertz CT molecular complexity index is 757. The van der Waals surface area contributed by atoms with E-state index < -0.39 is 24.2 Å². The van der Waals surface area contributed by atoms with Gasteiger partial charge >= 0.3 is 12.1 Å². The maximum Gasteiger partial charge on any atom is 0.392 e. The van der Waals surface area contributed by atoms with Crippen LogP contribution in [0.4, 0.5) is 13.2 Å². The van der Waals surface area contributed by atoms with Crippen molar-refractivity contribution in [3.63, 3.8) is 0 Å². The molecule has 24 heavy (non-hydrogen) atoms. The third-order valence-electron chi connectivity index (χ3n) is 4.18. The fourth-order valence-electron chi connectivity index (χ4n) is 2.85. The van der Waals surface area contributed by atoms with Crippen molar-refractivity contribution in [1.82, 2.24) is 0 Å². The summed E-state index contributed by atoms with van der Waals surface area (Å²) in [6, 6.07) is 4.88. The number of hydrogen-bond donors (Lipinski definition) is 0. The fourth-order valence-corrected chi connectivity index (χ4v) is 2.85. The molecule has 1 aromatic carbocycles. The fraction of sp³-hybridized carbons (Fsp3) is 0.471. The predicted octanol–water partition coefficient (Wildman–Crippen LogP) is 4.64. The highest BCUT2D eigenvalue weighted by molar-refractivity contribution is 6.04. The Morgan fingerprint density at radius 2 is 2.04 bits per heavy atom. The number of hydrogen-bond acceptors (Lipinski definition) is 4. The van der Waals surface area contributed by atoms with E-state index in [0.717, 1.165) is 0 Å². The van der Waals surface area contributed by atoms with Gasteiger partial charge in [0.05, 0.1) is 18.6 Å². The molecular weight excluding hydrogens is 325 g/mol. The molecule has 0 atom stereocenters. The maximum atomic E-state index is 12.5. The molecule has 0 aliphatic heterocycles. The number of carbonyl (C=O) groups is 1. The van der Waals surface area contributed by atoms with E-state index in [1.807, 2.05) is 0 Å². The van der Waals surface area contributed by atoms with E-state index >= 15 is 0 Å². The van der Waals surface area contributed by atoms with E-state index in [0.29, 0.717) is 28.0 Å². The van der Waals surface area contributed by atoms with Crippen LogP contribution in [0, 0.1) is 12.8 Å². The summed E-state index contributed by atoms with van der Waals surface area (Å²) in [7, 11) is 0. The Balaban J connectivity index is 1.79. The molecule has 1 aliphatic rings. The molecule has 1 saturated carbocycles. The molecule has 4 nitrogen and oxygen atoms in total. The first-order valence-electron chi connectivity index (χ1n) is 7.73. The summed E-state index contributed by atoms with van der Waals surface area (Å²) in [6.45, 7) is 3.60. The van der Waals surface area contributed by atoms with Crippen LogP contribution in [0.25, 0.3) is 11.0 Å². The summed E-state index contributed by atoms with van der Waals surface area (Å²) in [6.07, 6.45) is -4.72. The normalized spacial score (nSPS) is 20.7. The average Bonchev–Trinajstić information content (AvgIpc) is 2.76. The van der Waals surface area contributed by atoms with Gasteiger partial charge in [0, 0.05) is 5.39 Å². The molecule has 0 saturated heterocycles. The van der Waals surface area contributed by atoms with Crippen molar-refractivity contribution in [2.24, 2.45) is 5.92 Å². The van der Waals surface area contributed by atoms with E-state index in [9.17, 15) is 18.0 Å². The third kappa shape index (κ3) is 3.07. The van der Waals surface area contributed by atoms with Gasteiger partial charge in [-0.25, -0.2) is 4.79 Å². The number of ether oxygens (including phenoxy) is 2. The number of furan rings is 1. The van der Waals surface area contributed by atoms with Crippen molar-refractivity contribution in [1.29, 1.82) is 0 Å². The lowest BCUT2D eigenvalue weighted by atomic mass is 9.82. The molecule has 1 heterocycles. The van der Waals surface area contributed by atoms with Crippen LogP contribution < -0.4 is 4.74 Å². The Morgan fingerprint density at radius 1 is 1.33 bits per heavy atom. The Hall–Kier alpha value is -2.18. The quantitative estimate of drug-likeness (QED) is 0.760. The second kappa shape index (κ2) is 6.03. The monoisotopic (exact) mass is 342 g/mol. The minimum atomic E-state index is -4.16. The molecule has 0 amide bonds. The summed E-state index contributed by atoms with van der Waals surface area (Å²) in [5.41, 5.74) is 0.823. The molecule has 0 unspecified atom stereocenters. The SMILES string of the molecule is CCOC(=O)c1c(C)oc2ccc(OC3CC(C(F)(F)F)C3)cc12.